The average molecular weight is 420 g/mol. The van der Waals surface area contributed by atoms with Gasteiger partial charge in [0.15, 0.2) is 11.5 Å². The first-order valence-electron chi connectivity index (χ1n) is 8.82. The van der Waals surface area contributed by atoms with Gasteiger partial charge in [-0.3, -0.25) is 14.9 Å². The van der Waals surface area contributed by atoms with Crippen molar-refractivity contribution in [2.75, 3.05) is 21.3 Å². The van der Waals surface area contributed by atoms with E-state index in [1.165, 1.54) is 45.2 Å². The highest BCUT2D eigenvalue weighted by atomic mass is 32.2. The summed E-state index contributed by atoms with van der Waals surface area (Å²) in [4.78, 5) is 23.7. The lowest BCUT2D eigenvalue weighted by Crippen LogP contribution is -2.33. The van der Waals surface area contributed by atoms with E-state index >= 15 is 0 Å². The quantitative estimate of drug-likeness (QED) is 0.372. The molecular weight excluding hydrogens is 396 g/mol. The first-order chi connectivity index (χ1) is 13.8. The van der Waals surface area contributed by atoms with E-state index in [-0.39, 0.29) is 22.9 Å². The van der Waals surface area contributed by atoms with Gasteiger partial charge in [-0.2, -0.15) is 0 Å². The summed E-state index contributed by atoms with van der Waals surface area (Å²) in [5.41, 5.74) is 0.822. The van der Waals surface area contributed by atoms with Crippen LogP contribution in [0.5, 0.6) is 17.2 Å². The van der Waals surface area contributed by atoms with Crippen LogP contribution in [0.1, 0.15) is 25.5 Å². The minimum atomic E-state index is -0.455. The van der Waals surface area contributed by atoms with Crippen LogP contribution in [0.4, 0.5) is 5.69 Å². The Hall–Kier alpha value is -2.94. The molecule has 2 aromatic rings. The van der Waals surface area contributed by atoms with Gasteiger partial charge in [-0.25, -0.2) is 0 Å². The predicted molar refractivity (Wildman–Crippen MR) is 111 cm³/mol. The van der Waals surface area contributed by atoms with Crippen molar-refractivity contribution in [3.8, 4) is 17.2 Å². The van der Waals surface area contributed by atoms with E-state index in [9.17, 15) is 14.9 Å². The summed E-state index contributed by atoms with van der Waals surface area (Å²) in [7, 11) is 4.60. The molecule has 0 aliphatic carbocycles. The summed E-state index contributed by atoms with van der Waals surface area (Å²) in [5, 5.41) is 13.3. The molecule has 0 saturated heterocycles. The molecule has 1 N–H and O–H groups in total. The highest BCUT2D eigenvalue weighted by Crippen LogP contribution is 2.39. The number of hydrogen-bond acceptors (Lipinski definition) is 7. The number of amides is 1. The molecule has 0 aromatic heterocycles. The summed E-state index contributed by atoms with van der Waals surface area (Å²) < 4.78 is 16.0. The van der Waals surface area contributed by atoms with E-state index < -0.39 is 4.92 Å². The number of methoxy groups -OCH3 is 3. The molecule has 2 atom stereocenters. The molecule has 0 bridgehead atoms. The topological polar surface area (TPSA) is 99.9 Å². The fourth-order valence-corrected chi connectivity index (χ4v) is 3.55. The van der Waals surface area contributed by atoms with Gasteiger partial charge in [0.05, 0.1) is 37.5 Å². The third-order valence-corrected chi connectivity index (χ3v) is 5.39. The molecule has 0 unspecified atom stereocenters. The highest BCUT2D eigenvalue weighted by Gasteiger charge is 2.21. The molecule has 29 heavy (non-hydrogen) atoms. The largest absolute Gasteiger partial charge is 0.493 e. The number of hydrogen-bond donors (Lipinski definition) is 1. The lowest BCUT2D eigenvalue weighted by Gasteiger charge is -2.20. The van der Waals surface area contributed by atoms with Crippen LogP contribution in [0, 0.1) is 10.1 Å². The normalized spacial score (nSPS) is 12.6. The second-order valence-corrected chi connectivity index (χ2v) is 7.61. The number of carbonyl (C=O) groups is 1. The van der Waals surface area contributed by atoms with Gasteiger partial charge in [-0.05, 0) is 43.7 Å². The fourth-order valence-electron chi connectivity index (χ4n) is 2.67. The van der Waals surface area contributed by atoms with Crippen molar-refractivity contribution < 1.29 is 23.9 Å². The summed E-state index contributed by atoms with van der Waals surface area (Å²) in [6, 6.07) is 9.40. The Morgan fingerprint density at radius 3 is 2.03 bits per heavy atom. The predicted octanol–water partition coefficient (Wildman–Crippen LogP) is 3.98. The van der Waals surface area contributed by atoms with Gasteiger partial charge in [0.2, 0.25) is 11.7 Å². The molecule has 1 amide bonds. The molecule has 2 aromatic carbocycles. The van der Waals surface area contributed by atoms with Crippen molar-refractivity contribution in [1.29, 1.82) is 0 Å². The number of rotatable bonds is 9. The minimum absolute atomic E-state index is 0.0162. The number of nitro benzene ring substituents is 1. The molecule has 0 fully saturated rings. The zero-order valence-corrected chi connectivity index (χ0v) is 17.7. The Balaban J connectivity index is 2.08. The number of nitro groups is 1. The smallest absolute Gasteiger partial charge is 0.269 e. The first-order valence-corrected chi connectivity index (χ1v) is 9.70. The SMILES string of the molecule is COc1cc([C@H](C)NC(=O)[C@@H](C)Sc2ccc([N+](=O)[O-])cc2)cc(OC)c1OC. The molecule has 0 heterocycles. The van der Waals surface area contributed by atoms with Crippen LogP contribution >= 0.6 is 11.8 Å². The van der Waals surface area contributed by atoms with Gasteiger partial charge in [0, 0.05) is 17.0 Å². The van der Waals surface area contributed by atoms with Crippen LogP contribution in [-0.4, -0.2) is 37.4 Å². The number of thioether (sulfide) groups is 1. The molecule has 0 aliphatic rings. The van der Waals surface area contributed by atoms with Gasteiger partial charge in [-0.1, -0.05) is 0 Å². The van der Waals surface area contributed by atoms with Crippen LogP contribution in [-0.2, 0) is 4.79 Å². The lowest BCUT2D eigenvalue weighted by atomic mass is 10.1. The average Bonchev–Trinajstić information content (AvgIpc) is 2.72. The molecule has 9 heteroatoms. The highest BCUT2D eigenvalue weighted by molar-refractivity contribution is 8.00. The molecular formula is C20H24N2O6S. The van der Waals surface area contributed by atoms with Gasteiger partial charge in [0.25, 0.3) is 5.69 Å². The van der Waals surface area contributed by atoms with Crippen molar-refractivity contribution in [2.24, 2.45) is 0 Å². The van der Waals surface area contributed by atoms with Crippen molar-refractivity contribution in [1.82, 2.24) is 5.32 Å². The van der Waals surface area contributed by atoms with Crippen molar-refractivity contribution in [3.05, 3.63) is 52.1 Å². The second-order valence-electron chi connectivity index (χ2n) is 6.20. The standard InChI is InChI=1S/C20H24N2O6S/c1-12(14-10-17(26-3)19(28-5)18(11-14)27-4)21-20(23)13(2)29-16-8-6-15(7-9-16)22(24)25/h6-13H,1-5H3,(H,21,23)/t12-,13+/m0/s1. The van der Waals surface area contributed by atoms with Crippen molar-refractivity contribution in [3.63, 3.8) is 0 Å². The van der Waals surface area contributed by atoms with E-state index in [2.05, 4.69) is 5.32 Å². The number of ether oxygens (including phenoxy) is 3. The molecule has 0 spiro atoms. The Morgan fingerprint density at radius 1 is 1.03 bits per heavy atom. The van der Waals surface area contributed by atoms with Crippen LogP contribution in [0.15, 0.2) is 41.3 Å². The second kappa shape index (κ2) is 10.0. The van der Waals surface area contributed by atoms with Crippen LogP contribution in [0.25, 0.3) is 0 Å². The van der Waals surface area contributed by atoms with Crippen LogP contribution in [0.2, 0.25) is 0 Å². The van der Waals surface area contributed by atoms with Crippen molar-refractivity contribution >= 4 is 23.4 Å². The Labute approximate surface area is 173 Å². The van der Waals surface area contributed by atoms with Gasteiger partial charge < -0.3 is 19.5 Å². The maximum absolute atomic E-state index is 12.6. The monoisotopic (exact) mass is 420 g/mol. The van der Waals surface area contributed by atoms with Crippen LogP contribution < -0.4 is 19.5 Å². The van der Waals surface area contributed by atoms with Gasteiger partial charge in [0.1, 0.15) is 0 Å². The third kappa shape index (κ3) is 5.54. The molecule has 2 rings (SSSR count). The molecule has 0 aliphatic heterocycles. The molecule has 0 radical (unpaired) electrons. The van der Waals surface area contributed by atoms with Gasteiger partial charge >= 0.3 is 0 Å². The Morgan fingerprint density at radius 2 is 1.59 bits per heavy atom. The third-order valence-electron chi connectivity index (χ3n) is 4.28. The summed E-state index contributed by atoms with van der Waals surface area (Å²) >= 11 is 1.33. The van der Waals surface area contributed by atoms with E-state index in [0.717, 1.165) is 10.5 Å². The number of benzene rings is 2. The molecule has 156 valence electrons. The van der Waals surface area contributed by atoms with Crippen molar-refractivity contribution in [2.45, 2.75) is 30.0 Å². The summed E-state index contributed by atoms with van der Waals surface area (Å²) in [6.45, 7) is 3.64. The maximum Gasteiger partial charge on any atom is 0.269 e. The Kier molecular flexibility index (Phi) is 7.72. The number of nitrogens with zero attached hydrogens (tertiary/aromatic N) is 1. The van der Waals surface area contributed by atoms with E-state index in [1.54, 1.807) is 31.2 Å². The first kappa shape index (κ1) is 22.4. The summed E-state index contributed by atoms with van der Waals surface area (Å²) in [5.74, 6) is 1.35. The lowest BCUT2D eigenvalue weighted by molar-refractivity contribution is -0.384. The Bertz CT molecular complexity index is 847. The van der Waals surface area contributed by atoms with E-state index in [4.69, 9.17) is 14.2 Å². The maximum atomic E-state index is 12.6. The molecule has 0 saturated carbocycles. The fraction of sp³-hybridized carbons (Fsp3) is 0.350. The van der Waals surface area contributed by atoms with E-state index in [1.807, 2.05) is 6.92 Å². The zero-order chi connectivity index (χ0) is 21.6. The number of carbonyl (C=O) groups excluding carboxylic acids is 1. The van der Waals surface area contributed by atoms with E-state index in [0.29, 0.717) is 17.2 Å². The van der Waals surface area contributed by atoms with Gasteiger partial charge in [-0.15, -0.1) is 11.8 Å². The van der Waals surface area contributed by atoms with Crippen LogP contribution in [0.3, 0.4) is 0 Å². The minimum Gasteiger partial charge on any atom is -0.493 e. The molecule has 8 nitrogen and oxygen atoms in total. The number of non-ortho nitro benzene ring substituents is 1. The number of nitrogens with one attached hydrogen (secondary N) is 1. The zero-order valence-electron chi connectivity index (χ0n) is 16.9. The summed E-state index contributed by atoms with van der Waals surface area (Å²) in [6.07, 6.45) is 0.